The number of hydrogen-bond donors (Lipinski definition) is 0. The molecule has 0 saturated heterocycles. The van der Waals surface area contributed by atoms with Gasteiger partial charge in [0, 0.05) is 28.4 Å². The summed E-state index contributed by atoms with van der Waals surface area (Å²) in [5.74, 6) is 0.923. The average Bonchev–Trinajstić information content (AvgIpc) is 3.08. The van der Waals surface area contributed by atoms with E-state index < -0.39 is 0 Å². The fourth-order valence-electron chi connectivity index (χ4n) is 2.82. The first-order valence-corrected chi connectivity index (χ1v) is 9.97. The first-order valence-electron chi connectivity index (χ1n) is 7.99. The van der Waals surface area contributed by atoms with Crippen molar-refractivity contribution < 1.29 is 4.74 Å². The van der Waals surface area contributed by atoms with Gasteiger partial charge in [-0.15, -0.1) is 11.8 Å². The monoisotopic (exact) mass is 379 g/mol. The van der Waals surface area contributed by atoms with Gasteiger partial charge in [-0.2, -0.15) is 0 Å². The number of aromatic nitrogens is 1. The zero-order valence-corrected chi connectivity index (χ0v) is 15.8. The molecule has 1 saturated carbocycles. The van der Waals surface area contributed by atoms with Gasteiger partial charge < -0.3 is 4.74 Å². The minimum Gasteiger partial charge on any atom is -0.490 e. The summed E-state index contributed by atoms with van der Waals surface area (Å²) in [6, 6.07) is 6.29. The fraction of sp³-hybridized carbons (Fsp3) is 0.316. The molecule has 2 nitrogen and oxygen atoms in total. The maximum absolute atomic E-state index is 6.25. The molecular weight excluding hydrogens is 361 g/mol. The van der Waals surface area contributed by atoms with E-state index in [9.17, 15) is 0 Å². The van der Waals surface area contributed by atoms with Crippen LogP contribution in [0.25, 0.3) is 12.2 Å². The van der Waals surface area contributed by atoms with E-state index in [0.29, 0.717) is 16.1 Å². The van der Waals surface area contributed by atoms with Gasteiger partial charge in [-0.3, -0.25) is 4.98 Å². The van der Waals surface area contributed by atoms with Crippen LogP contribution in [0.1, 0.15) is 36.8 Å². The Morgan fingerprint density at radius 3 is 2.50 bits per heavy atom. The normalized spacial score (nSPS) is 15.3. The van der Waals surface area contributed by atoms with Gasteiger partial charge in [-0.05, 0) is 44.1 Å². The predicted octanol–water partition coefficient (Wildman–Crippen LogP) is 6.60. The molecule has 0 aliphatic heterocycles. The lowest BCUT2D eigenvalue weighted by Gasteiger charge is -2.16. The molecule has 0 bridgehead atoms. The zero-order chi connectivity index (χ0) is 16.9. The van der Waals surface area contributed by atoms with E-state index >= 15 is 0 Å². The van der Waals surface area contributed by atoms with Crippen LogP contribution in [0.4, 0.5) is 0 Å². The molecule has 3 rings (SSSR count). The summed E-state index contributed by atoms with van der Waals surface area (Å²) in [6.07, 6.45) is 14.3. The van der Waals surface area contributed by atoms with Crippen LogP contribution < -0.4 is 4.74 Å². The molecule has 0 unspecified atom stereocenters. The third-order valence-electron chi connectivity index (χ3n) is 4.14. The van der Waals surface area contributed by atoms with Crippen LogP contribution in [0, 0.1) is 0 Å². The Hall–Kier alpha value is -1.16. The second kappa shape index (κ2) is 8.28. The number of nitrogens with zero attached hydrogens (tertiary/aromatic N) is 1. The second-order valence-electron chi connectivity index (χ2n) is 5.78. The van der Waals surface area contributed by atoms with Crippen LogP contribution in [-0.4, -0.2) is 17.3 Å². The molecule has 0 amide bonds. The summed E-state index contributed by atoms with van der Waals surface area (Å²) >= 11 is 14.1. The molecule has 0 spiro atoms. The number of benzene rings is 1. The molecule has 1 aromatic heterocycles. The molecule has 1 heterocycles. The van der Waals surface area contributed by atoms with Crippen molar-refractivity contribution in [3.8, 4) is 5.75 Å². The third kappa shape index (κ3) is 4.27. The van der Waals surface area contributed by atoms with Gasteiger partial charge in [-0.25, -0.2) is 0 Å². The van der Waals surface area contributed by atoms with Crippen molar-refractivity contribution in [1.29, 1.82) is 0 Å². The third-order valence-corrected chi connectivity index (χ3v) is 5.46. The number of thioether (sulfide) groups is 1. The van der Waals surface area contributed by atoms with E-state index in [1.54, 1.807) is 24.2 Å². The summed E-state index contributed by atoms with van der Waals surface area (Å²) in [5.41, 5.74) is 1.80. The van der Waals surface area contributed by atoms with Crippen molar-refractivity contribution in [3.63, 3.8) is 0 Å². The van der Waals surface area contributed by atoms with Crippen LogP contribution in [0.15, 0.2) is 35.5 Å². The summed E-state index contributed by atoms with van der Waals surface area (Å²) in [6.45, 7) is 0. The van der Waals surface area contributed by atoms with Gasteiger partial charge in [0.1, 0.15) is 5.75 Å². The van der Waals surface area contributed by atoms with E-state index in [2.05, 4.69) is 29.4 Å². The molecule has 0 N–H and O–H groups in total. The Labute approximate surface area is 157 Å². The van der Waals surface area contributed by atoms with Crippen molar-refractivity contribution in [2.75, 3.05) is 6.26 Å². The van der Waals surface area contributed by atoms with Crippen LogP contribution in [0.3, 0.4) is 0 Å². The number of halogens is 2. The summed E-state index contributed by atoms with van der Waals surface area (Å²) < 4.78 is 6.25. The smallest absolute Gasteiger partial charge is 0.128 e. The van der Waals surface area contributed by atoms with Crippen molar-refractivity contribution in [1.82, 2.24) is 4.98 Å². The highest BCUT2D eigenvalue weighted by Gasteiger charge is 2.17. The summed E-state index contributed by atoms with van der Waals surface area (Å²) in [4.78, 5) is 5.18. The number of pyridine rings is 1. The zero-order valence-electron chi connectivity index (χ0n) is 13.5. The van der Waals surface area contributed by atoms with E-state index in [1.165, 1.54) is 17.7 Å². The lowest BCUT2D eigenvalue weighted by atomic mass is 10.1. The quantitative estimate of drug-likeness (QED) is 0.546. The van der Waals surface area contributed by atoms with Gasteiger partial charge in [-0.1, -0.05) is 41.4 Å². The Morgan fingerprint density at radius 1 is 1.12 bits per heavy atom. The van der Waals surface area contributed by atoms with Crippen molar-refractivity contribution in [2.24, 2.45) is 0 Å². The Morgan fingerprint density at radius 2 is 1.83 bits per heavy atom. The number of ether oxygens (including phenoxy) is 1. The summed E-state index contributed by atoms with van der Waals surface area (Å²) in [7, 11) is 0. The van der Waals surface area contributed by atoms with Gasteiger partial charge in [0.25, 0.3) is 0 Å². The fourth-order valence-corrected chi connectivity index (χ4v) is 3.74. The Bertz CT molecular complexity index is 722. The largest absolute Gasteiger partial charge is 0.490 e. The molecule has 0 radical (unpaired) electrons. The van der Waals surface area contributed by atoms with Crippen molar-refractivity contribution in [3.05, 3.63) is 51.8 Å². The van der Waals surface area contributed by atoms with Gasteiger partial charge in [0.15, 0.2) is 0 Å². The maximum atomic E-state index is 6.25. The molecule has 126 valence electrons. The highest BCUT2D eigenvalue weighted by Crippen LogP contribution is 2.32. The van der Waals surface area contributed by atoms with Crippen LogP contribution in [0.2, 0.25) is 10.0 Å². The molecular formula is C19H19Cl2NOS. The molecule has 1 aromatic carbocycles. The first kappa shape index (κ1) is 17.7. The highest BCUT2D eigenvalue weighted by atomic mass is 35.5. The first-order chi connectivity index (χ1) is 11.7. The SMILES string of the molecule is CSc1ccc(/C=C/c2c(Cl)cncc2Cl)c(OC2CCCC2)c1. The molecule has 1 aliphatic carbocycles. The van der Waals surface area contributed by atoms with Gasteiger partial charge in [0.05, 0.1) is 16.1 Å². The Kier molecular flexibility index (Phi) is 6.09. The minimum absolute atomic E-state index is 0.322. The van der Waals surface area contributed by atoms with E-state index in [0.717, 1.165) is 29.7 Å². The molecule has 1 aliphatic rings. The molecule has 1 fully saturated rings. The average molecular weight is 380 g/mol. The van der Waals surface area contributed by atoms with Crippen LogP contribution in [-0.2, 0) is 0 Å². The van der Waals surface area contributed by atoms with Gasteiger partial charge >= 0.3 is 0 Å². The molecule has 24 heavy (non-hydrogen) atoms. The van der Waals surface area contributed by atoms with E-state index in [-0.39, 0.29) is 0 Å². The highest BCUT2D eigenvalue weighted by molar-refractivity contribution is 7.98. The molecule has 2 aromatic rings. The number of hydrogen-bond acceptors (Lipinski definition) is 3. The van der Waals surface area contributed by atoms with Crippen molar-refractivity contribution >= 4 is 47.1 Å². The Balaban J connectivity index is 1.90. The van der Waals surface area contributed by atoms with E-state index in [1.807, 2.05) is 12.2 Å². The van der Waals surface area contributed by atoms with Crippen LogP contribution >= 0.6 is 35.0 Å². The standard InChI is InChI=1S/C19H19Cl2NOS/c1-24-15-8-6-13(19(10-15)23-14-4-2-3-5-14)7-9-16-17(20)11-22-12-18(16)21/h6-12,14H,2-5H2,1H3/b9-7+. The summed E-state index contributed by atoms with van der Waals surface area (Å²) in [5, 5.41) is 1.08. The topological polar surface area (TPSA) is 22.1 Å². The van der Waals surface area contributed by atoms with Gasteiger partial charge in [0.2, 0.25) is 0 Å². The van der Waals surface area contributed by atoms with E-state index in [4.69, 9.17) is 27.9 Å². The number of rotatable bonds is 5. The lowest BCUT2D eigenvalue weighted by Crippen LogP contribution is -2.11. The molecule has 5 heteroatoms. The second-order valence-corrected chi connectivity index (χ2v) is 7.47. The lowest BCUT2D eigenvalue weighted by molar-refractivity contribution is 0.209. The minimum atomic E-state index is 0.322. The maximum Gasteiger partial charge on any atom is 0.128 e. The van der Waals surface area contributed by atoms with Crippen molar-refractivity contribution in [2.45, 2.75) is 36.7 Å². The predicted molar refractivity (Wildman–Crippen MR) is 104 cm³/mol. The van der Waals surface area contributed by atoms with Crippen LogP contribution in [0.5, 0.6) is 5.75 Å². The molecule has 0 atom stereocenters.